The third-order valence-electron chi connectivity index (χ3n) is 6.01. The smallest absolute Gasteiger partial charge is 0.268 e. The van der Waals surface area contributed by atoms with Crippen LogP contribution in [0.2, 0.25) is 0 Å². The number of fused-ring (bicyclic) bond motifs is 2. The number of aromatic nitrogens is 1. The SMILES string of the molecule is Cc1ccc(C)c(CN2C(=O)[C@@](O)(c3c[nH]c4ccccc34)c3cc(Br)ccc32)c1. The first-order valence-electron chi connectivity index (χ1n) is 9.86. The number of aromatic amines is 1. The minimum Gasteiger partial charge on any atom is -0.372 e. The largest absolute Gasteiger partial charge is 0.372 e. The first kappa shape index (κ1) is 19.1. The van der Waals surface area contributed by atoms with Crippen molar-refractivity contribution in [3.63, 3.8) is 0 Å². The lowest BCUT2D eigenvalue weighted by molar-refractivity contribution is -0.132. The van der Waals surface area contributed by atoms with Crippen molar-refractivity contribution in [3.05, 3.63) is 99.2 Å². The number of benzene rings is 3. The zero-order valence-corrected chi connectivity index (χ0v) is 18.3. The molecule has 2 heterocycles. The predicted octanol–water partition coefficient (Wildman–Crippen LogP) is 5.33. The van der Waals surface area contributed by atoms with E-state index in [1.165, 1.54) is 0 Å². The normalized spacial score (nSPS) is 18.3. The molecule has 0 aliphatic carbocycles. The second kappa shape index (κ2) is 6.83. The number of para-hydroxylation sites is 1. The summed E-state index contributed by atoms with van der Waals surface area (Å²) in [7, 11) is 0. The van der Waals surface area contributed by atoms with Crippen LogP contribution in [0.4, 0.5) is 5.69 Å². The van der Waals surface area contributed by atoms with Gasteiger partial charge in [0.15, 0.2) is 5.60 Å². The van der Waals surface area contributed by atoms with E-state index in [2.05, 4.69) is 39.1 Å². The molecule has 4 aromatic rings. The number of H-pyrrole nitrogens is 1. The average Bonchev–Trinajstić information content (AvgIpc) is 3.25. The number of carbonyl (C=O) groups excluding carboxylic acids is 1. The number of aliphatic hydroxyl groups is 1. The molecule has 1 atom stereocenters. The Morgan fingerprint density at radius 3 is 2.67 bits per heavy atom. The van der Waals surface area contributed by atoms with Crippen molar-refractivity contribution in [1.82, 2.24) is 4.98 Å². The van der Waals surface area contributed by atoms with Crippen LogP contribution >= 0.6 is 15.9 Å². The number of aryl methyl sites for hydroxylation is 2. The molecule has 5 heteroatoms. The predicted molar refractivity (Wildman–Crippen MR) is 123 cm³/mol. The Morgan fingerprint density at radius 2 is 1.83 bits per heavy atom. The van der Waals surface area contributed by atoms with Gasteiger partial charge in [0.2, 0.25) is 0 Å². The van der Waals surface area contributed by atoms with Gasteiger partial charge in [-0.25, -0.2) is 0 Å². The summed E-state index contributed by atoms with van der Waals surface area (Å²) >= 11 is 3.51. The fourth-order valence-electron chi connectivity index (χ4n) is 4.38. The molecule has 1 aliphatic heterocycles. The van der Waals surface area contributed by atoms with Crippen LogP contribution in [-0.4, -0.2) is 16.0 Å². The second-order valence-electron chi connectivity index (χ2n) is 7.94. The molecule has 4 nitrogen and oxygen atoms in total. The minimum absolute atomic E-state index is 0.332. The van der Waals surface area contributed by atoms with Crippen LogP contribution in [-0.2, 0) is 16.9 Å². The molecule has 0 radical (unpaired) electrons. The van der Waals surface area contributed by atoms with E-state index in [4.69, 9.17) is 0 Å². The second-order valence-corrected chi connectivity index (χ2v) is 8.86. The molecule has 0 bridgehead atoms. The van der Waals surface area contributed by atoms with Gasteiger partial charge in [-0.3, -0.25) is 4.79 Å². The fraction of sp³-hybridized carbons (Fsp3) is 0.160. The molecule has 1 aromatic heterocycles. The van der Waals surface area contributed by atoms with Gasteiger partial charge >= 0.3 is 0 Å². The molecule has 150 valence electrons. The number of rotatable bonds is 3. The highest BCUT2D eigenvalue weighted by atomic mass is 79.9. The Labute approximate surface area is 183 Å². The Balaban J connectivity index is 1.70. The van der Waals surface area contributed by atoms with Gasteiger partial charge in [-0.2, -0.15) is 0 Å². The van der Waals surface area contributed by atoms with Crippen LogP contribution in [0.5, 0.6) is 0 Å². The van der Waals surface area contributed by atoms with Gasteiger partial charge in [0.25, 0.3) is 5.91 Å². The highest BCUT2D eigenvalue weighted by Gasteiger charge is 2.52. The van der Waals surface area contributed by atoms with E-state index in [0.29, 0.717) is 17.7 Å². The van der Waals surface area contributed by atoms with E-state index in [-0.39, 0.29) is 5.91 Å². The molecule has 30 heavy (non-hydrogen) atoms. The number of hydrogen-bond donors (Lipinski definition) is 2. The topological polar surface area (TPSA) is 56.3 Å². The first-order chi connectivity index (χ1) is 14.4. The maximum Gasteiger partial charge on any atom is 0.268 e. The number of anilines is 1. The summed E-state index contributed by atoms with van der Waals surface area (Å²) in [5.41, 5.74) is 4.37. The van der Waals surface area contributed by atoms with E-state index < -0.39 is 5.60 Å². The molecule has 3 aromatic carbocycles. The summed E-state index contributed by atoms with van der Waals surface area (Å²) in [4.78, 5) is 18.7. The van der Waals surface area contributed by atoms with Gasteiger partial charge in [-0.05, 0) is 49.2 Å². The molecule has 0 spiro atoms. The maximum absolute atomic E-state index is 13.8. The fourth-order valence-corrected chi connectivity index (χ4v) is 4.74. The van der Waals surface area contributed by atoms with Crippen LogP contribution in [0.15, 0.2) is 71.3 Å². The number of hydrogen-bond acceptors (Lipinski definition) is 2. The summed E-state index contributed by atoms with van der Waals surface area (Å²) in [6, 6.07) is 19.6. The van der Waals surface area contributed by atoms with Crippen molar-refractivity contribution in [2.45, 2.75) is 26.0 Å². The molecule has 2 N–H and O–H groups in total. The summed E-state index contributed by atoms with van der Waals surface area (Å²) in [6.07, 6.45) is 1.74. The van der Waals surface area contributed by atoms with Crippen molar-refractivity contribution in [1.29, 1.82) is 0 Å². The summed E-state index contributed by atoms with van der Waals surface area (Å²) in [6.45, 7) is 4.50. The van der Waals surface area contributed by atoms with Crippen molar-refractivity contribution < 1.29 is 9.90 Å². The van der Waals surface area contributed by atoms with E-state index in [9.17, 15) is 9.90 Å². The number of carbonyl (C=O) groups is 1. The van der Waals surface area contributed by atoms with Gasteiger partial charge in [0.05, 0.1) is 12.2 Å². The van der Waals surface area contributed by atoms with E-state index >= 15 is 0 Å². The number of halogens is 1. The zero-order valence-electron chi connectivity index (χ0n) is 16.7. The zero-order chi connectivity index (χ0) is 21.0. The number of nitrogens with one attached hydrogen (secondary N) is 1. The first-order valence-corrected chi connectivity index (χ1v) is 10.7. The van der Waals surface area contributed by atoms with Crippen molar-refractivity contribution >= 4 is 38.4 Å². The van der Waals surface area contributed by atoms with Crippen LogP contribution in [0.1, 0.15) is 27.8 Å². The van der Waals surface area contributed by atoms with Crippen LogP contribution in [0.25, 0.3) is 10.9 Å². The lowest BCUT2D eigenvalue weighted by atomic mass is 9.87. The van der Waals surface area contributed by atoms with E-state index in [0.717, 1.165) is 37.8 Å². The van der Waals surface area contributed by atoms with E-state index in [1.54, 1.807) is 11.1 Å². The van der Waals surface area contributed by atoms with Crippen LogP contribution in [0.3, 0.4) is 0 Å². The highest BCUT2D eigenvalue weighted by molar-refractivity contribution is 9.10. The Kier molecular flexibility index (Phi) is 4.34. The number of nitrogens with zero attached hydrogens (tertiary/aromatic N) is 1. The summed E-state index contributed by atoms with van der Waals surface area (Å²) in [5.74, 6) is -0.332. The lowest BCUT2D eigenvalue weighted by Gasteiger charge is -2.24. The lowest BCUT2D eigenvalue weighted by Crippen LogP contribution is -2.40. The quantitative estimate of drug-likeness (QED) is 0.434. The minimum atomic E-state index is -1.75. The van der Waals surface area contributed by atoms with Gasteiger partial charge in [-0.15, -0.1) is 0 Å². The molecule has 5 rings (SSSR count). The van der Waals surface area contributed by atoms with Crippen LogP contribution < -0.4 is 4.90 Å². The highest BCUT2D eigenvalue weighted by Crippen LogP contribution is 2.47. The molecular weight excluding hydrogens is 440 g/mol. The molecule has 0 saturated carbocycles. The Morgan fingerprint density at radius 1 is 1.03 bits per heavy atom. The standard InChI is InChI=1S/C25H21BrN2O2/c1-15-7-8-16(2)17(11-15)14-28-23-10-9-18(26)12-20(23)25(30,24(28)29)21-13-27-22-6-4-3-5-19(21)22/h3-13,27,30H,14H2,1-2H3/t25-/m0/s1. The van der Waals surface area contributed by atoms with Crippen molar-refractivity contribution in [2.24, 2.45) is 0 Å². The van der Waals surface area contributed by atoms with Gasteiger partial charge in [-0.1, -0.05) is 57.9 Å². The van der Waals surface area contributed by atoms with Gasteiger partial charge in [0.1, 0.15) is 0 Å². The Hall–Kier alpha value is -2.89. The third-order valence-corrected chi connectivity index (χ3v) is 6.50. The third kappa shape index (κ3) is 2.73. The number of amides is 1. The average molecular weight is 461 g/mol. The molecule has 1 aliphatic rings. The molecule has 1 amide bonds. The maximum atomic E-state index is 13.8. The van der Waals surface area contributed by atoms with Crippen LogP contribution in [0, 0.1) is 13.8 Å². The molecule has 0 fully saturated rings. The van der Waals surface area contributed by atoms with Gasteiger partial charge < -0.3 is 15.0 Å². The summed E-state index contributed by atoms with van der Waals surface area (Å²) in [5, 5.41) is 12.8. The summed E-state index contributed by atoms with van der Waals surface area (Å²) < 4.78 is 0.820. The van der Waals surface area contributed by atoms with Crippen molar-refractivity contribution in [3.8, 4) is 0 Å². The monoisotopic (exact) mass is 460 g/mol. The Bertz CT molecular complexity index is 1310. The van der Waals surface area contributed by atoms with Gasteiger partial charge in [0, 0.05) is 32.7 Å². The molecule has 0 saturated heterocycles. The molecular formula is C25H21BrN2O2. The van der Waals surface area contributed by atoms with E-state index in [1.807, 2.05) is 56.3 Å². The molecule has 0 unspecified atom stereocenters. The van der Waals surface area contributed by atoms with Crippen molar-refractivity contribution in [2.75, 3.05) is 4.90 Å².